The minimum Gasteiger partial charge on any atom is -0.497 e. The topological polar surface area (TPSA) is 166 Å². The third-order valence-electron chi connectivity index (χ3n) is 13.8. The van der Waals surface area contributed by atoms with Crippen molar-refractivity contribution in [3.8, 4) is 34.5 Å². The molecule has 5 rings (SSSR count). The van der Waals surface area contributed by atoms with Crippen LogP contribution in [-0.4, -0.2) is 154 Å². The molecule has 0 N–H and O–H groups in total. The van der Waals surface area contributed by atoms with Gasteiger partial charge in [0, 0.05) is 110 Å². The SMILES string of the molecule is CCO[Si](CCCc1cc(OC)cc(OC)c1)(OCC)OCC.CCO[Si](CCCc1ccc(OC(C)(C)C)cc1)(OCC)OCC.CCO[Si](CCCc1ccc2c(c1)OCCO2)(OCC)OCC.CCOc1ccc(CCC[Si](OCC)(OCC)OCC)cc1. The maximum absolute atomic E-state index is 5.90. The quantitative estimate of drug-likeness (QED) is 0.0383. The lowest BCUT2D eigenvalue weighted by Crippen LogP contribution is -2.46. The fourth-order valence-corrected chi connectivity index (χ4v) is 20.7. The van der Waals surface area contributed by atoms with Gasteiger partial charge in [0.15, 0.2) is 11.5 Å². The maximum atomic E-state index is 5.90. The second-order valence-electron chi connectivity index (χ2n) is 22.0. The first-order valence-corrected chi connectivity index (χ1v) is 41.9. The predicted molar refractivity (Wildman–Crippen MR) is 376 cm³/mol. The first kappa shape index (κ1) is 84.2. The molecule has 22 heteroatoms. The number of aryl methyl sites for hydroxylation is 4. The van der Waals surface area contributed by atoms with E-state index in [9.17, 15) is 0 Å². The third-order valence-corrected chi connectivity index (χ3v) is 26.4. The van der Waals surface area contributed by atoms with Crippen molar-refractivity contribution in [2.24, 2.45) is 0 Å². The fourth-order valence-electron chi connectivity index (χ4n) is 10.3. The van der Waals surface area contributed by atoms with Gasteiger partial charge in [-0.25, -0.2) is 0 Å². The summed E-state index contributed by atoms with van der Waals surface area (Å²) in [6, 6.07) is 32.1. The van der Waals surface area contributed by atoms with Gasteiger partial charge >= 0.3 is 35.2 Å². The molecule has 0 saturated heterocycles. The largest absolute Gasteiger partial charge is 0.500 e. The summed E-state index contributed by atoms with van der Waals surface area (Å²) in [5.41, 5.74) is 4.84. The van der Waals surface area contributed by atoms with Crippen LogP contribution in [0.3, 0.4) is 0 Å². The number of hydrogen-bond acceptors (Lipinski definition) is 18. The van der Waals surface area contributed by atoms with Crippen LogP contribution < -0.4 is 28.4 Å². The summed E-state index contributed by atoms with van der Waals surface area (Å²) in [4.78, 5) is 0. The number of benzene rings is 4. The Morgan fingerprint density at radius 1 is 0.315 bits per heavy atom. The average Bonchev–Trinajstić information content (AvgIpc) is 1.21. The number of methoxy groups -OCH3 is 2. The van der Waals surface area contributed by atoms with Gasteiger partial charge in [-0.3, -0.25) is 0 Å². The molecule has 0 bridgehead atoms. The van der Waals surface area contributed by atoms with Crippen molar-refractivity contribution in [3.63, 3.8) is 0 Å². The van der Waals surface area contributed by atoms with Crippen LogP contribution in [0, 0.1) is 0 Å². The standard InChI is InChI=1S/C19H34O4Si.C17H28O5Si.C17H30O5Si.C17H30O4Si/c1-7-20-24(21-8-2,22-9-3)16-10-11-17-12-14-18(15-13-17)23-19(4,5)6;1-4-20-23(21-5-2,22-6-3)13-7-8-15-9-10-16-17(14-15)19-12-11-18-16;1-6-20-23(21-7-2,22-8-3)11-9-10-15-12-16(18-4)14-17(13-15)19-5;1-5-18-17-13-11-16(12-14-17)10-9-15-22(19-6-2,20-7-3)21-8-4/h12-15H,7-11,16H2,1-6H3;9-10,14H,4-8,11-13H2,1-3H3;12-14H,6-11H2,1-5H3;11-14H,5-10,15H2,1-4H3. The highest BCUT2D eigenvalue weighted by Gasteiger charge is 2.42. The molecular formula is C70H122O18Si4. The van der Waals surface area contributed by atoms with E-state index >= 15 is 0 Å². The Hall–Kier alpha value is -3.93. The predicted octanol–water partition coefficient (Wildman–Crippen LogP) is 16.0. The molecule has 1 aliphatic rings. The molecule has 4 aromatic carbocycles. The third kappa shape index (κ3) is 33.6. The summed E-state index contributed by atoms with van der Waals surface area (Å²) in [6.07, 6.45) is 7.71. The summed E-state index contributed by atoms with van der Waals surface area (Å²) >= 11 is 0. The van der Waals surface area contributed by atoms with E-state index in [1.807, 2.05) is 139 Å². The minimum atomic E-state index is -2.56. The Bertz CT molecular complexity index is 2360. The van der Waals surface area contributed by atoms with Crippen molar-refractivity contribution in [2.75, 3.05) is 113 Å². The highest BCUT2D eigenvalue weighted by molar-refractivity contribution is 6.61. The normalized spacial score (nSPS) is 12.4. The molecule has 1 aliphatic heterocycles. The molecule has 1 heterocycles. The van der Waals surface area contributed by atoms with Crippen LogP contribution in [0.4, 0.5) is 0 Å². The summed E-state index contributed by atoms with van der Waals surface area (Å²) in [6.45, 7) is 41.4. The van der Waals surface area contributed by atoms with Crippen LogP contribution in [0.15, 0.2) is 84.9 Å². The Kier molecular flexibility index (Phi) is 44.6. The van der Waals surface area contributed by atoms with Crippen molar-refractivity contribution in [3.05, 3.63) is 107 Å². The summed E-state index contributed by atoms with van der Waals surface area (Å²) in [7, 11) is -6.78. The van der Waals surface area contributed by atoms with Crippen LogP contribution in [0.1, 0.15) is 159 Å². The number of rotatable bonds is 45. The van der Waals surface area contributed by atoms with Gasteiger partial charge in [0.1, 0.15) is 41.8 Å². The van der Waals surface area contributed by atoms with E-state index in [2.05, 4.69) is 57.2 Å². The molecule has 0 unspecified atom stereocenters. The summed E-state index contributed by atoms with van der Waals surface area (Å²) in [5, 5.41) is 0. The molecule has 0 atom stereocenters. The lowest BCUT2D eigenvalue weighted by atomic mass is 10.1. The van der Waals surface area contributed by atoms with E-state index in [4.69, 9.17) is 81.5 Å². The molecule has 0 aliphatic carbocycles. The van der Waals surface area contributed by atoms with Crippen LogP contribution >= 0.6 is 0 Å². The molecule has 0 radical (unpaired) electrons. The summed E-state index contributed by atoms with van der Waals surface area (Å²) in [5.74, 6) is 5.13. The zero-order chi connectivity index (χ0) is 68.0. The van der Waals surface area contributed by atoms with Gasteiger partial charge < -0.3 is 81.5 Å². The molecule has 526 valence electrons. The molecule has 4 aromatic rings. The van der Waals surface area contributed by atoms with Gasteiger partial charge in [0.05, 0.1) is 20.8 Å². The monoisotopic (exact) mass is 1360 g/mol. The second kappa shape index (κ2) is 48.7. The Morgan fingerprint density at radius 3 is 0.913 bits per heavy atom. The van der Waals surface area contributed by atoms with Crippen molar-refractivity contribution in [1.82, 2.24) is 0 Å². The molecule has 92 heavy (non-hydrogen) atoms. The van der Waals surface area contributed by atoms with Gasteiger partial charge in [-0.2, -0.15) is 0 Å². The highest BCUT2D eigenvalue weighted by atomic mass is 28.4. The van der Waals surface area contributed by atoms with Crippen molar-refractivity contribution >= 4 is 35.2 Å². The molecule has 18 nitrogen and oxygen atoms in total. The van der Waals surface area contributed by atoms with Crippen LogP contribution in [0.25, 0.3) is 0 Å². The van der Waals surface area contributed by atoms with Gasteiger partial charge in [-0.1, -0.05) is 30.3 Å². The van der Waals surface area contributed by atoms with Gasteiger partial charge in [0.2, 0.25) is 0 Å². The smallest absolute Gasteiger partial charge is 0.497 e. The first-order valence-electron chi connectivity index (χ1n) is 34.2. The maximum Gasteiger partial charge on any atom is 0.500 e. The zero-order valence-electron chi connectivity index (χ0n) is 60.0. The molecule has 0 fully saturated rings. The first-order chi connectivity index (χ1) is 44.4. The highest BCUT2D eigenvalue weighted by Crippen LogP contribution is 2.33. The Labute approximate surface area is 560 Å². The van der Waals surface area contributed by atoms with E-state index < -0.39 is 35.2 Å². The van der Waals surface area contributed by atoms with Crippen LogP contribution in [0.5, 0.6) is 34.5 Å². The molecule has 0 spiro atoms. The van der Waals surface area contributed by atoms with Crippen LogP contribution in [0.2, 0.25) is 24.2 Å². The van der Waals surface area contributed by atoms with E-state index in [1.165, 1.54) is 22.3 Å². The number of hydrogen-bond donors (Lipinski definition) is 0. The van der Waals surface area contributed by atoms with Crippen molar-refractivity contribution < 1.29 is 81.5 Å². The summed E-state index contributed by atoms with van der Waals surface area (Å²) < 4.78 is 104. The minimum absolute atomic E-state index is 0.167. The van der Waals surface area contributed by atoms with Crippen LogP contribution in [-0.2, 0) is 78.8 Å². The Morgan fingerprint density at radius 2 is 0.609 bits per heavy atom. The second-order valence-corrected chi connectivity index (χ2v) is 32.9. The number of ether oxygens (including phenoxy) is 6. The van der Waals surface area contributed by atoms with Gasteiger partial charge in [-0.15, -0.1) is 0 Å². The average molecular weight is 1360 g/mol. The molecular weight excluding hydrogens is 1240 g/mol. The van der Waals surface area contributed by atoms with E-state index in [0.717, 1.165) is 110 Å². The lowest BCUT2D eigenvalue weighted by molar-refractivity contribution is 0.0700. The van der Waals surface area contributed by atoms with E-state index in [-0.39, 0.29) is 5.60 Å². The van der Waals surface area contributed by atoms with Crippen molar-refractivity contribution in [2.45, 2.75) is 192 Å². The molecule has 0 saturated carbocycles. The Balaban J connectivity index is 0.000000418. The fraction of sp³-hybridized carbons (Fsp3) is 0.657. The number of fused-ring (bicyclic) bond motifs is 1. The van der Waals surface area contributed by atoms with Gasteiger partial charge in [0.25, 0.3) is 0 Å². The molecule has 0 amide bonds. The van der Waals surface area contributed by atoms with Gasteiger partial charge in [-0.05, 0) is 233 Å². The van der Waals surface area contributed by atoms with E-state index in [1.54, 1.807) is 14.2 Å². The lowest BCUT2D eigenvalue weighted by Gasteiger charge is -2.28. The molecule has 0 aromatic heterocycles. The van der Waals surface area contributed by atoms with E-state index in [0.29, 0.717) is 99.1 Å². The van der Waals surface area contributed by atoms with Crippen molar-refractivity contribution in [1.29, 1.82) is 0 Å². The zero-order valence-corrected chi connectivity index (χ0v) is 64.0.